The number of nitrogens with two attached hydrogens (primary N) is 2. The third kappa shape index (κ3) is 3.81. The molecule has 3 heterocycles. The third-order valence-corrected chi connectivity index (χ3v) is 6.90. The van der Waals surface area contributed by atoms with Gasteiger partial charge in [-0.1, -0.05) is 54.6 Å². The number of rotatable bonds is 4. The van der Waals surface area contributed by atoms with Crippen LogP contribution in [0.4, 0.5) is 15.9 Å². The van der Waals surface area contributed by atoms with Gasteiger partial charge in [0.25, 0.3) is 0 Å². The Labute approximate surface area is 202 Å². The number of benzene rings is 3. The molecule has 0 amide bonds. The van der Waals surface area contributed by atoms with Crippen molar-refractivity contribution in [2.45, 2.75) is 25.2 Å². The minimum absolute atomic E-state index is 0.0321. The summed E-state index contributed by atoms with van der Waals surface area (Å²) in [6, 6.07) is 23.4. The largest absolute Gasteiger partial charge is 0.369 e. The maximum absolute atomic E-state index is 13.5. The number of nitrogens with one attached hydrogen (secondary N) is 1. The van der Waals surface area contributed by atoms with Gasteiger partial charge in [0.1, 0.15) is 12.0 Å². The molecule has 0 fully saturated rings. The normalized spacial score (nSPS) is 19.2. The van der Waals surface area contributed by atoms with Crippen LogP contribution < -0.4 is 16.4 Å². The van der Waals surface area contributed by atoms with Crippen molar-refractivity contribution in [3.8, 4) is 11.1 Å². The highest BCUT2D eigenvalue weighted by molar-refractivity contribution is 5.84. The lowest BCUT2D eigenvalue weighted by atomic mass is 9.94. The van der Waals surface area contributed by atoms with E-state index in [2.05, 4.69) is 56.5 Å². The number of hydrogen-bond donors (Lipinski definition) is 3. The van der Waals surface area contributed by atoms with Gasteiger partial charge in [0, 0.05) is 18.8 Å². The van der Waals surface area contributed by atoms with E-state index in [-0.39, 0.29) is 11.9 Å². The molecule has 6 rings (SSSR count). The molecule has 3 aromatic carbocycles. The van der Waals surface area contributed by atoms with Crippen molar-refractivity contribution in [3.63, 3.8) is 0 Å². The van der Waals surface area contributed by atoms with E-state index < -0.39 is 6.17 Å². The molecule has 2 unspecified atom stereocenters. The average Bonchev–Trinajstić information content (AvgIpc) is 3.34. The number of halogens is 1. The molecule has 4 aromatic rings. The number of aliphatic imine (C=N–C) groups is 1. The molecule has 0 radical (unpaired) electrons. The van der Waals surface area contributed by atoms with Gasteiger partial charge in [-0.3, -0.25) is 5.10 Å². The number of nitrogens with zero attached hydrogens (tertiary/aromatic N) is 4. The summed E-state index contributed by atoms with van der Waals surface area (Å²) >= 11 is 0. The fraction of sp³-hybridized carbons (Fsp3) is 0.185. The lowest BCUT2D eigenvalue weighted by Gasteiger charge is -2.45. The SMILES string of the molecule is NC1=Nc2[nH]ncc2C(N)N1C1Cc2ccccc2N(Cc2ccccc2-c2ccc(F)cc2)C1. The molecule has 8 heteroatoms. The van der Waals surface area contributed by atoms with Gasteiger partial charge in [-0.2, -0.15) is 10.1 Å². The van der Waals surface area contributed by atoms with E-state index in [1.807, 2.05) is 29.2 Å². The third-order valence-electron chi connectivity index (χ3n) is 6.90. The summed E-state index contributed by atoms with van der Waals surface area (Å²) in [4.78, 5) is 8.89. The summed E-state index contributed by atoms with van der Waals surface area (Å²) in [6.45, 7) is 1.42. The minimum Gasteiger partial charge on any atom is -0.369 e. The number of hydrogen-bond acceptors (Lipinski definition) is 6. The van der Waals surface area contributed by atoms with Gasteiger partial charge in [-0.25, -0.2) is 4.39 Å². The lowest BCUT2D eigenvalue weighted by Crippen LogP contribution is -2.56. The van der Waals surface area contributed by atoms with Crippen molar-refractivity contribution in [1.29, 1.82) is 0 Å². The molecule has 0 saturated carbocycles. The van der Waals surface area contributed by atoms with Crippen LogP contribution in [0.3, 0.4) is 0 Å². The smallest absolute Gasteiger partial charge is 0.199 e. The number of para-hydroxylation sites is 1. The Balaban J connectivity index is 1.35. The van der Waals surface area contributed by atoms with Gasteiger partial charge in [-0.05, 0) is 46.9 Å². The van der Waals surface area contributed by atoms with Crippen LogP contribution in [0.15, 0.2) is 84.0 Å². The first-order valence-corrected chi connectivity index (χ1v) is 11.7. The number of aromatic nitrogens is 2. The summed E-state index contributed by atoms with van der Waals surface area (Å²) in [5.41, 5.74) is 19.6. The average molecular weight is 468 g/mol. The standard InChI is InChI=1S/C27H26FN7/c28-20-11-9-17(10-12-20)22-7-3-1-6-19(22)15-34-16-21(13-18-5-2-4-8-24(18)34)35-25(29)23-14-31-33-26(23)32-27(35)30/h1-12,14,21,25H,13,15-16,29H2,(H3,30,31,32,33). The van der Waals surface area contributed by atoms with E-state index >= 15 is 0 Å². The van der Waals surface area contributed by atoms with E-state index in [0.717, 1.165) is 35.2 Å². The second-order valence-electron chi connectivity index (χ2n) is 9.03. The molecule has 0 bridgehead atoms. The Morgan fingerprint density at radius 3 is 2.63 bits per heavy atom. The molecule has 176 valence electrons. The number of fused-ring (bicyclic) bond motifs is 2. The quantitative estimate of drug-likeness (QED) is 0.420. The van der Waals surface area contributed by atoms with Gasteiger partial charge in [-0.15, -0.1) is 0 Å². The summed E-state index contributed by atoms with van der Waals surface area (Å²) in [7, 11) is 0. The van der Waals surface area contributed by atoms with Crippen molar-refractivity contribution in [2.24, 2.45) is 16.5 Å². The highest BCUT2D eigenvalue weighted by atomic mass is 19.1. The molecule has 1 aromatic heterocycles. The first-order chi connectivity index (χ1) is 17.1. The van der Waals surface area contributed by atoms with E-state index in [1.165, 1.54) is 23.4 Å². The molecular formula is C27H26FN7. The number of aromatic amines is 1. The second kappa shape index (κ2) is 8.56. The molecule has 0 aliphatic carbocycles. The molecule has 5 N–H and O–H groups in total. The van der Waals surface area contributed by atoms with Gasteiger partial charge in [0.15, 0.2) is 11.8 Å². The molecule has 2 atom stereocenters. The molecule has 35 heavy (non-hydrogen) atoms. The molecule has 7 nitrogen and oxygen atoms in total. The monoisotopic (exact) mass is 467 g/mol. The molecule has 0 spiro atoms. The zero-order chi connectivity index (χ0) is 23.9. The Bertz CT molecular complexity index is 1390. The van der Waals surface area contributed by atoms with Crippen molar-refractivity contribution in [3.05, 3.63) is 102 Å². The van der Waals surface area contributed by atoms with E-state index in [1.54, 1.807) is 6.20 Å². The lowest BCUT2D eigenvalue weighted by molar-refractivity contribution is 0.229. The zero-order valence-electron chi connectivity index (χ0n) is 19.1. The Kier molecular flexibility index (Phi) is 5.22. The second-order valence-corrected chi connectivity index (χ2v) is 9.03. The highest BCUT2D eigenvalue weighted by Gasteiger charge is 2.36. The van der Waals surface area contributed by atoms with E-state index in [9.17, 15) is 4.39 Å². The maximum Gasteiger partial charge on any atom is 0.199 e. The predicted octanol–water partition coefficient (Wildman–Crippen LogP) is 4.07. The first-order valence-electron chi connectivity index (χ1n) is 11.7. The topological polar surface area (TPSA) is 99.6 Å². The number of guanidine groups is 1. The number of anilines is 1. The summed E-state index contributed by atoms with van der Waals surface area (Å²) in [5.74, 6) is 0.773. The Hall–Kier alpha value is -4.17. The van der Waals surface area contributed by atoms with Crippen molar-refractivity contribution < 1.29 is 4.39 Å². The zero-order valence-corrected chi connectivity index (χ0v) is 19.1. The summed E-state index contributed by atoms with van der Waals surface area (Å²) < 4.78 is 13.5. The van der Waals surface area contributed by atoms with Crippen molar-refractivity contribution in [2.75, 3.05) is 11.4 Å². The molecule has 2 aliphatic rings. The van der Waals surface area contributed by atoms with Gasteiger partial charge in [0.05, 0.1) is 17.8 Å². The molecule has 2 aliphatic heterocycles. The fourth-order valence-corrected chi connectivity index (χ4v) is 5.25. The highest BCUT2D eigenvalue weighted by Crippen LogP contribution is 2.36. The predicted molar refractivity (Wildman–Crippen MR) is 135 cm³/mol. The fourth-order valence-electron chi connectivity index (χ4n) is 5.25. The van der Waals surface area contributed by atoms with Gasteiger partial charge < -0.3 is 21.3 Å². The Morgan fingerprint density at radius 2 is 1.77 bits per heavy atom. The summed E-state index contributed by atoms with van der Waals surface area (Å²) in [5, 5.41) is 6.96. The Morgan fingerprint density at radius 1 is 1.00 bits per heavy atom. The van der Waals surface area contributed by atoms with Gasteiger partial charge in [0.2, 0.25) is 0 Å². The van der Waals surface area contributed by atoms with Crippen LogP contribution in [0.5, 0.6) is 0 Å². The van der Waals surface area contributed by atoms with Gasteiger partial charge >= 0.3 is 0 Å². The molecule has 0 saturated heterocycles. The first kappa shape index (κ1) is 21.4. The van der Waals surface area contributed by atoms with Crippen LogP contribution in [0.1, 0.15) is 22.9 Å². The molecular weight excluding hydrogens is 441 g/mol. The van der Waals surface area contributed by atoms with Crippen LogP contribution in [-0.2, 0) is 13.0 Å². The van der Waals surface area contributed by atoms with E-state index in [4.69, 9.17) is 11.5 Å². The van der Waals surface area contributed by atoms with Crippen LogP contribution in [0.2, 0.25) is 0 Å². The van der Waals surface area contributed by atoms with Crippen LogP contribution >= 0.6 is 0 Å². The van der Waals surface area contributed by atoms with Crippen LogP contribution in [0, 0.1) is 5.82 Å². The summed E-state index contributed by atoms with van der Waals surface area (Å²) in [6.07, 6.45) is 2.10. The van der Waals surface area contributed by atoms with E-state index in [0.29, 0.717) is 18.3 Å². The van der Waals surface area contributed by atoms with Crippen LogP contribution in [0.25, 0.3) is 11.1 Å². The van der Waals surface area contributed by atoms with Crippen molar-refractivity contribution in [1.82, 2.24) is 15.1 Å². The van der Waals surface area contributed by atoms with Crippen molar-refractivity contribution >= 4 is 17.5 Å². The maximum atomic E-state index is 13.5. The van der Waals surface area contributed by atoms with Crippen LogP contribution in [-0.4, -0.2) is 33.6 Å². The minimum atomic E-state index is -0.426. The number of H-pyrrole nitrogens is 1.